The number of anilines is 1. The molecule has 0 spiro atoms. The van der Waals surface area contributed by atoms with Gasteiger partial charge in [-0.15, -0.1) is 0 Å². The molecule has 1 aliphatic rings. The highest BCUT2D eigenvalue weighted by molar-refractivity contribution is 5.78. The summed E-state index contributed by atoms with van der Waals surface area (Å²) in [4.78, 5) is 1.71. The molecule has 2 aromatic rings. The van der Waals surface area contributed by atoms with Crippen LogP contribution in [-0.4, -0.2) is 13.1 Å². The second-order valence-electron chi connectivity index (χ2n) is 4.02. The minimum Gasteiger partial charge on any atom is -0.372 e. The van der Waals surface area contributed by atoms with E-state index in [4.69, 9.17) is 12.3 Å². The van der Waals surface area contributed by atoms with Crippen molar-refractivity contribution in [1.82, 2.24) is 0 Å². The summed E-state index contributed by atoms with van der Waals surface area (Å²) in [6.07, 6.45) is -2.36. The van der Waals surface area contributed by atoms with E-state index in [1.165, 1.54) is 0 Å². The Morgan fingerprint density at radius 2 is 1.78 bits per heavy atom. The number of hydrogen-bond acceptors (Lipinski definition) is 1. The molecule has 0 saturated heterocycles. The maximum atomic E-state index is 8.58. The van der Waals surface area contributed by atoms with Crippen molar-refractivity contribution in [2.75, 3.05) is 18.0 Å². The van der Waals surface area contributed by atoms with Crippen LogP contribution in [-0.2, 0) is 6.37 Å². The first-order chi connectivity index (χ1) is 12.5. The van der Waals surface area contributed by atoms with E-state index in [0.29, 0.717) is 13.1 Å². The summed E-state index contributed by atoms with van der Waals surface area (Å²) < 4.78 is 74.6. The Bertz CT molecular complexity index is 964. The molecule has 1 heteroatoms. The fourth-order valence-electron chi connectivity index (χ4n) is 2.09. The molecule has 0 N–H and O–H groups in total. The molecule has 3 rings (SSSR count). The number of rotatable bonds is 3. The van der Waals surface area contributed by atoms with Gasteiger partial charge in [-0.1, -0.05) is 30.2 Å². The monoisotopic (exact) mass is 246 g/mol. The van der Waals surface area contributed by atoms with Gasteiger partial charge in [0.05, 0.1) is 9.60 Å². The van der Waals surface area contributed by atoms with Gasteiger partial charge < -0.3 is 4.90 Å². The maximum absolute atomic E-state index is 8.58. The van der Waals surface area contributed by atoms with Crippen LogP contribution in [0.25, 0.3) is 11.1 Å². The van der Waals surface area contributed by atoms with Crippen LogP contribution in [0.5, 0.6) is 0 Å². The van der Waals surface area contributed by atoms with E-state index in [2.05, 4.69) is 0 Å². The van der Waals surface area contributed by atoms with E-state index in [0.717, 1.165) is 0 Å². The summed E-state index contributed by atoms with van der Waals surface area (Å²) in [6, 6.07) is -2.84. The zero-order valence-electron chi connectivity index (χ0n) is 19.4. The van der Waals surface area contributed by atoms with Crippen molar-refractivity contribution in [3.05, 3.63) is 53.4 Å². The zero-order chi connectivity index (χ0) is 20.4. The average molecular weight is 246 g/mol. The standard InChI is InChI=1S/C17H19N/c1-3-18(4-2)15-9-10-17-14(12-15)11-13-7-5-6-8-16(13)17/h5-10,12H,3-4,11H2,1-2H3/i5D,6D,7D,8D,9D,10D,11D2,12D. The number of nitrogens with zero attached hydrogens (tertiary/aromatic N) is 1. The van der Waals surface area contributed by atoms with Crippen LogP contribution in [0.2, 0.25) is 0 Å². The molecule has 1 nitrogen and oxygen atoms in total. The van der Waals surface area contributed by atoms with Gasteiger partial charge in [0, 0.05) is 21.5 Å². The second kappa shape index (κ2) is 4.49. The predicted octanol–water partition coefficient (Wildman–Crippen LogP) is 4.10. The van der Waals surface area contributed by atoms with Crippen LogP contribution in [0.4, 0.5) is 5.69 Å². The van der Waals surface area contributed by atoms with Crippen LogP contribution in [0.1, 0.15) is 37.3 Å². The fourth-order valence-corrected chi connectivity index (χ4v) is 2.09. The van der Waals surface area contributed by atoms with Gasteiger partial charge in [0.2, 0.25) is 0 Å². The molecule has 92 valence electrons. The summed E-state index contributed by atoms with van der Waals surface area (Å²) in [7, 11) is 0. The molecule has 0 aliphatic heterocycles. The quantitative estimate of drug-likeness (QED) is 0.788. The van der Waals surface area contributed by atoms with Gasteiger partial charge in [-0.3, -0.25) is 0 Å². The van der Waals surface area contributed by atoms with Crippen molar-refractivity contribution in [2.45, 2.75) is 20.2 Å². The third-order valence-corrected chi connectivity index (χ3v) is 3.07. The van der Waals surface area contributed by atoms with Crippen LogP contribution in [0, 0.1) is 0 Å². The van der Waals surface area contributed by atoms with E-state index < -0.39 is 30.5 Å². The normalized spacial score (nSPS) is 22.0. The van der Waals surface area contributed by atoms with Crippen LogP contribution < -0.4 is 4.90 Å². The SMILES string of the molecule is [2H]c1c([2H])c([2H])c2c(c1[2H])-c1c([2H])c([2H])c(N(CC)CC)c([2H])c1C2([2H])[2H]. The van der Waals surface area contributed by atoms with E-state index >= 15 is 0 Å². The van der Waals surface area contributed by atoms with Gasteiger partial charge in [0.1, 0.15) is 0 Å². The largest absolute Gasteiger partial charge is 0.372 e. The van der Waals surface area contributed by atoms with Crippen molar-refractivity contribution in [2.24, 2.45) is 0 Å². The highest BCUT2D eigenvalue weighted by Crippen LogP contribution is 2.38. The average Bonchev–Trinajstić information content (AvgIpc) is 2.87. The fraction of sp³-hybridized carbons (Fsp3) is 0.294. The molecular formula is C17H19N. The molecule has 0 amide bonds. The lowest BCUT2D eigenvalue weighted by molar-refractivity contribution is 0.865. The van der Waals surface area contributed by atoms with Gasteiger partial charge in [-0.05, 0) is 54.6 Å². The smallest absolute Gasteiger partial charge is 0.0648 e. The Kier molecular flexibility index (Phi) is 1.27. The Labute approximate surface area is 122 Å². The molecule has 0 unspecified atom stereocenters. The van der Waals surface area contributed by atoms with Crippen molar-refractivity contribution in [1.29, 1.82) is 0 Å². The van der Waals surface area contributed by atoms with Crippen molar-refractivity contribution in [3.63, 3.8) is 0 Å². The highest BCUT2D eigenvalue weighted by Gasteiger charge is 2.18. The highest BCUT2D eigenvalue weighted by atomic mass is 15.1. The second-order valence-corrected chi connectivity index (χ2v) is 4.02. The van der Waals surface area contributed by atoms with Gasteiger partial charge in [0.25, 0.3) is 0 Å². The Morgan fingerprint density at radius 1 is 1.06 bits per heavy atom. The lowest BCUT2D eigenvalue weighted by atomic mass is 10.1. The number of hydrogen-bond donors (Lipinski definition) is 0. The lowest BCUT2D eigenvalue weighted by Crippen LogP contribution is -2.21. The first-order valence-corrected chi connectivity index (χ1v) is 6.02. The third kappa shape index (κ3) is 1.71. The summed E-state index contributed by atoms with van der Waals surface area (Å²) in [5.41, 5.74) is -0.461. The molecule has 0 bridgehead atoms. The summed E-state index contributed by atoms with van der Waals surface area (Å²) >= 11 is 0. The van der Waals surface area contributed by atoms with E-state index in [9.17, 15) is 0 Å². The van der Waals surface area contributed by atoms with Gasteiger partial charge >= 0.3 is 0 Å². The van der Waals surface area contributed by atoms with Crippen LogP contribution >= 0.6 is 0 Å². The van der Waals surface area contributed by atoms with Crippen LogP contribution in [0.3, 0.4) is 0 Å². The molecule has 1 aliphatic carbocycles. The maximum Gasteiger partial charge on any atom is 0.0648 e. The van der Waals surface area contributed by atoms with Gasteiger partial charge in [0.15, 0.2) is 0 Å². The van der Waals surface area contributed by atoms with E-state index in [1.54, 1.807) is 4.90 Å². The summed E-state index contributed by atoms with van der Waals surface area (Å²) in [5, 5.41) is 0. The Balaban J connectivity index is 2.54. The predicted molar refractivity (Wildman–Crippen MR) is 78.2 cm³/mol. The van der Waals surface area contributed by atoms with Crippen LogP contribution in [0.15, 0.2) is 42.3 Å². The third-order valence-electron chi connectivity index (χ3n) is 3.07. The van der Waals surface area contributed by atoms with Gasteiger partial charge in [-0.2, -0.15) is 0 Å². The minimum absolute atomic E-state index is 0.0760. The first kappa shape index (κ1) is 5.08. The molecule has 0 radical (unpaired) electrons. The van der Waals surface area contributed by atoms with Gasteiger partial charge in [-0.25, -0.2) is 0 Å². The molecule has 0 saturated carbocycles. The first-order valence-electron chi connectivity index (χ1n) is 10.5. The van der Waals surface area contributed by atoms with E-state index in [1.807, 2.05) is 13.8 Å². The molecule has 18 heavy (non-hydrogen) atoms. The molecule has 0 atom stereocenters. The number of fused-ring (bicyclic) bond motifs is 3. The van der Waals surface area contributed by atoms with Crippen molar-refractivity contribution >= 4 is 5.69 Å². The molecule has 2 aromatic carbocycles. The Hall–Kier alpha value is -1.76. The Morgan fingerprint density at radius 3 is 2.56 bits per heavy atom. The lowest BCUT2D eigenvalue weighted by Gasteiger charge is -2.21. The molecule has 0 aromatic heterocycles. The number of benzene rings is 2. The molecule has 0 heterocycles. The van der Waals surface area contributed by atoms with Crippen molar-refractivity contribution < 1.29 is 12.3 Å². The van der Waals surface area contributed by atoms with Crippen molar-refractivity contribution in [3.8, 4) is 11.1 Å². The van der Waals surface area contributed by atoms with E-state index in [-0.39, 0.29) is 46.1 Å². The topological polar surface area (TPSA) is 3.24 Å². The molecular weight excluding hydrogens is 218 g/mol. The minimum atomic E-state index is -2.36. The summed E-state index contributed by atoms with van der Waals surface area (Å²) in [6.45, 7) is 4.63. The summed E-state index contributed by atoms with van der Waals surface area (Å²) in [5.74, 6) is 0. The zero-order valence-corrected chi connectivity index (χ0v) is 10.4. The molecule has 0 fully saturated rings.